The van der Waals surface area contributed by atoms with Crippen molar-refractivity contribution < 1.29 is 19.1 Å². The molecule has 2 aromatic rings. The fraction of sp³-hybridized carbons (Fsp3) is 0.500. The lowest BCUT2D eigenvalue weighted by atomic mass is 9.94. The molecule has 1 aromatic carbocycles. The van der Waals surface area contributed by atoms with Crippen LogP contribution in [0.5, 0.6) is 0 Å². The molecule has 6 nitrogen and oxygen atoms in total. The normalized spacial score (nSPS) is 17.1. The van der Waals surface area contributed by atoms with Gasteiger partial charge in [0.25, 0.3) is 0 Å². The summed E-state index contributed by atoms with van der Waals surface area (Å²) < 4.78 is 4.83. The molecule has 1 aliphatic carbocycles. The zero-order chi connectivity index (χ0) is 22.5. The van der Waals surface area contributed by atoms with E-state index in [4.69, 9.17) is 4.74 Å². The Morgan fingerprint density at radius 2 is 1.94 bits per heavy atom. The lowest BCUT2D eigenvalue weighted by molar-refractivity contribution is -0.120. The van der Waals surface area contributed by atoms with E-state index in [-0.39, 0.29) is 23.4 Å². The number of thiazole rings is 1. The molecule has 31 heavy (non-hydrogen) atoms. The number of benzene rings is 1. The second kappa shape index (κ2) is 10.2. The zero-order valence-electron chi connectivity index (χ0n) is 18.6. The fourth-order valence-electron chi connectivity index (χ4n) is 3.87. The van der Waals surface area contributed by atoms with Gasteiger partial charge in [0.05, 0.1) is 13.0 Å². The Balaban J connectivity index is 1.66. The third-order valence-electron chi connectivity index (χ3n) is 5.69. The number of esters is 1. The van der Waals surface area contributed by atoms with E-state index in [9.17, 15) is 14.4 Å². The van der Waals surface area contributed by atoms with Crippen molar-refractivity contribution in [2.24, 2.45) is 11.8 Å². The van der Waals surface area contributed by atoms with Gasteiger partial charge in [-0.15, -0.1) is 11.3 Å². The molecule has 3 rings (SSSR count). The van der Waals surface area contributed by atoms with Crippen LogP contribution in [-0.4, -0.2) is 29.8 Å². The average Bonchev–Trinajstić information content (AvgIpc) is 3.32. The highest BCUT2D eigenvalue weighted by Crippen LogP contribution is 2.29. The number of rotatable bonds is 8. The molecule has 0 spiro atoms. The molecule has 0 unspecified atom stereocenters. The largest absolute Gasteiger partial charge is 0.464 e. The molecule has 0 radical (unpaired) electrons. The number of hydrogen-bond acceptors (Lipinski definition) is 6. The smallest absolute Gasteiger partial charge is 0.357 e. The Hall–Kier alpha value is -2.54. The summed E-state index contributed by atoms with van der Waals surface area (Å²) in [5.74, 6) is -0.189. The van der Waals surface area contributed by atoms with Crippen molar-refractivity contribution in [3.63, 3.8) is 0 Å². The van der Waals surface area contributed by atoms with Gasteiger partial charge < -0.3 is 10.1 Å². The minimum Gasteiger partial charge on any atom is -0.464 e. The first-order chi connectivity index (χ1) is 14.8. The van der Waals surface area contributed by atoms with Crippen LogP contribution in [0.2, 0.25) is 0 Å². The van der Waals surface area contributed by atoms with Gasteiger partial charge >= 0.3 is 5.97 Å². The van der Waals surface area contributed by atoms with Gasteiger partial charge in [-0.25, -0.2) is 9.78 Å². The molecule has 1 fully saturated rings. The summed E-state index contributed by atoms with van der Waals surface area (Å²) >= 11 is 1.32. The molecule has 1 amide bonds. The third kappa shape index (κ3) is 5.79. The van der Waals surface area contributed by atoms with Gasteiger partial charge in [0.15, 0.2) is 10.8 Å². The summed E-state index contributed by atoms with van der Waals surface area (Å²) in [6.45, 7) is 5.97. The van der Waals surface area contributed by atoms with Gasteiger partial charge in [-0.05, 0) is 49.7 Å². The molecular weight excluding hydrogens is 412 g/mol. The number of anilines is 1. The summed E-state index contributed by atoms with van der Waals surface area (Å²) in [5.41, 5.74) is 2.29. The molecule has 7 heteroatoms. The van der Waals surface area contributed by atoms with E-state index >= 15 is 0 Å². The monoisotopic (exact) mass is 442 g/mol. The van der Waals surface area contributed by atoms with E-state index in [0.29, 0.717) is 29.7 Å². The Labute approximate surface area is 187 Å². The number of carbonyl (C=O) groups is 3. The average molecular weight is 443 g/mol. The molecular formula is C24H30N2O4S. The van der Waals surface area contributed by atoms with E-state index in [1.54, 1.807) is 0 Å². The van der Waals surface area contributed by atoms with Crippen molar-refractivity contribution in [2.45, 2.75) is 58.8 Å². The Bertz CT molecular complexity index is 949. The van der Waals surface area contributed by atoms with E-state index in [0.717, 1.165) is 35.3 Å². The number of nitrogens with one attached hydrogen (secondary N) is 1. The minimum atomic E-state index is -0.489. The molecule has 1 aromatic heterocycles. The number of carbonyl (C=O) groups excluding carboxylic acids is 3. The third-order valence-corrected chi connectivity index (χ3v) is 6.68. The number of nitrogens with zero attached hydrogens (tertiary/aromatic N) is 1. The van der Waals surface area contributed by atoms with E-state index < -0.39 is 5.97 Å². The topological polar surface area (TPSA) is 85.4 Å². The standard InChI is InChI=1S/C24H30N2O4S/c1-14(2)12-20-21(23(29)30-4)25-24(31-20)26-22(28)15(3)17-10-8-16(9-11-17)13-18-6-5-7-19(18)27/h8-11,14-15,18H,5-7,12-13H2,1-4H3,(H,25,26,28)/t15-,18+/m0/s1. The van der Waals surface area contributed by atoms with Crippen LogP contribution >= 0.6 is 11.3 Å². The van der Waals surface area contributed by atoms with Crippen molar-refractivity contribution >= 4 is 34.1 Å². The number of aromatic nitrogens is 1. The van der Waals surface area contributed by atoms with E-state index in [2.05, 4.69) is 24.1 Å². The SMILES string of the molecule is COC(=O)c1nc(NC(=O)[C@@H](C)c2ccc(C[C@H]3CCCC3=O)cc2)sc1CC(C)C. The van der Waals surface area contributed by atoms with Crippen LogP contribution in [0.4, 0.5) is 5.13 Å². The molecule has 1 heterocycles. The first kappa shape index (κ1) is 23.1. The number of amides is 1. The van der Waals surface area contributed by atoms with E-state index in [1.807, 2.05) is 31.2 Å². The molecule has 0 bridgehead atoms. The molecule has 0 saturated heterocycles. The van der Waals surface area contributed by atoms with Gasteiger partial charge in [-0.2, -0.15) is 0 Å². The maximum atomic E-state index is 12.8. The number of ketones is 1. The van der Waals surface area contributed by atoms with Crippen molar-refractivity contribution in [3.05, 3.63) is 46.0 Å². The molecule has 1 N–H and O–H groups in total. The summed E-state index contributed by atoms with van der Waals surface area (Å²) in [6, 6.07) is 7.91. The summed E-state index contributed by atoms with van der Waals surface area (Å²) in [7, 11) is 1.33. The fourth-order valence-corrected chi connectivity index (χ4v) is 5.03. The Morgan fingerprint density at radius 3 is 2.52 bits per heavy atom. The lowest BCUT2D eigenvalue weighted by Gasteiger charge is -2.13. The van der Waals surface area contributed by atoms with Gasteiger partial charge in [0.2, 0.25) is 5.91 Å². The number of hydrogen-bond donors (Lipinski definition) is 1. The molecule has 166 valence electrons. The zero-order valence-corrected chi connectivity index (χ0v) is 19.4. The highest BCUT2D eigenvalue weighted by molar-refractivity contribution is 7.16. The highest BCUT2D eigenvalue weighted by Gasteiger charge is 2.25. The van der Waals surface area contributed by atoms with Crippen molar-refractivity contribution in [2.75, 3.05) is 12.4 Å². The first-order valence-electron chi connectivity index (χ1n) is 10.8. The second-order valence-corrected chi connectivity index (χ2v) is 9.68. The molecule has 0 aliphatic heterocycles. The molecule has 1 aliphatic rings. The van der Waals surface area contributed by atoms with Crippen LogP contribution in [0.3, 0.4) is 0 Å². The van der Waals surface area contributed by atoms with Gasteiger partial charge in [0.1, 0.15) is 5.78 Å². The first-order valence-corrected chi connectivity index (χ1v) is 11.6. The Kier molecular flexibility index (Phi) is 7.59. The highest BCUT2D eigenvalue weighted by atomic mass is 32.1. The van der Waals surface area contributed by atoms with Crippen LogP contribution in [0.1, 0.15) is 72.4 Å². The predicted octanol–water partition coefficient (Wildman–Crippen LogP) is 4.78. The Morgan fingerprint density at radius 1 is 1.23 bits per heavy atom. The van der Waals surface area contributed by atoms with E-state index in [1.165, 1.54) is 18.4 Å². The van der Waals surface area contributed by atoms with Crippen LogP contribution in [0.25, 0.3) is 0 Å². The minimum absolute atomic E-state index is 0.139. The van der Waals surface area contributed by atoms with Crippen molar-refractivity contribution in [1.82, 2.24) is 4.98 Å². The van der Waals surface area contributed by atoms with Crippen molar-refractivity contribution in [1.29, 1.82) is 0 Å². The molecule has 2 atom stereocenters. The quantitative estimate of drug-likeness (QED) is 0.595. The van der Waals surface area contributed by atoms with Gasteiger partial charge in [0, 0.05) is 17.2 Å². The van der Waals surface area contributed by atoms with Crippen LogP contribution < -0.4 is 5.32 Å². The summed E-state index contributed by atoms with van der Waals surface area (Å²) in [6.07, 6.45) is 4.13. The molecule has 1 saturated carbocycles. The summed E-state index contributed by atoms with van der Waals surface area (Å²) in [4.78, 5) is 41.8. The van der Waals surface area contributed by atoms with Gasteiger partial charge in [-0.3, -0.25) is 9.59 Å². The number of ether oxygens (including phenoxy) is 1. The van der Waals surface area contributed by atoms with Crippen molar-refractivity contribution in [3.8, 4) is 0 Å². The van der Waals surface area contributed by atoms with Crippen LogP contribution in [0, 0.1) is 11.8 Å². The van der Waals surface area contributed by atoms with Gasteiger partial charge in [-0.1, -0.05) is 38.1 Å². The lowest BCUT2D eigenvalue weighted by Crippen LogP contribution is -2.19. The maximum absolute atomic E-state index is 12.8. The maximum Gasteiger partial charge on any atom is 0.357 e. The van der Waals surface area contributed by atoms with Crippen LogP contribution in [0.15, 0.2) is 24.3 Å². The summed E-state index contributed by atoms with van der Waals surface area (Å²) in [5, 5.41) is 3.26. The predicted molar refractivity (Wildman–Crippen MR) is 122 cm³/mol. The number of Topliss-reactive ketones (excluding diaryl/α,β-unsaturated/α-hetero) is 1. The number of methoxy groups -OCH3 is 1. The second-order valence-electron chi connectivity index (χ2n) is 8.59. The van der Waals surface area contributed by atoms with Crippen LogP contribution in [-0.2, 0) is 27.2 Å².